The molecule has 0 unspecified atom stereocenters. The fourth-order valence-corrected chi connectivity index (χ4v) is 4.11. The van der Waals surface area contributed by atoms with Gasteiger partial charge in [-0.2, -0.15) is 0 Å². The lowest BCUT2D eigenvalue weighted by atomic mass is 10.1. The summed E-state index contributed by atoms with van der Waals surface area (Å²) in [6.07, 6.45) is 8.03. The van der Waals surface area contributed by atoms with Gasteiger partial charge in [0.2, 0.25) is 0 Å². The molecule has 0 aliphatic rings. The van der Waals surface area contributed by atoms with Crippen molar-refractivity contribution in [2.24, 2.45) is 0 Å². The van der Waals surface area contributed by atoms with Crippen molar-refractivity contribution in [3.63, 3.8) is 0 Å². The van der Waals surface area contributed by atoms with Crippen LogP contribution in [0.15, 0.2) is 85.5 Å². The Bertz CT molecular complexity index is 1270. The van der Waals surface area contributed by atoms with E-state index in [9.17, 15) is 4.79 Å². The van der Waals surface area contributed by atoms with E-state index in [1.807, 2.05) is 88.2 Å². The third kappa shape index (κ3) is 3.46. The maximum absolute atomic E-state index is 12.7. The predicted octanol–water partition coefficient (Wildman–Crippen LogP) is 5.41. The number of nitrogens with zero attached hydrogens (tertiary/aromatic N) is 3. The maximum Gasteiger partial charge on any atom is 0.255 e. The Hall–Kier alpha value is -3.64. The van der Waals surface area contributed by atoms with E-state index >= 15 is 0 Å². The van der Waals surface area contributed by atoms with Crippen LogP contribution in [0.25, 0.3) is 21.9 Å². The number of benzene rings is 2. The maximum atomic E-state index is 12.7. The van der Waals surface area contributed by atoms with Gasteiger partial charge in [0.15, 0.2) is 4.96 Å². The van der Waals surface area contributed by atoms with E-state index < -0.39 is 0 Å². The highest BCUT2D eigenvalue weighted by molar-refractivity contribution is 7.17. The third-order valence-electron chi connectivity index (χ3n) is 4.72. The Balaban J connectivity index is 1.35. The van der Waals surface area contributed by atoms with Gasteiger partial charge in [0, 0.05) is 52.2 Å². The Labute approximate surface area is 171 Å². The fourth-order valence-electron chi connectivity index (χ4n) is 3.30. The topological polar surface area (TPSA) is 51.3 Å². The van der Waals surface area contributed by atoms with Gasteiger partial charge >= 0.3 is 0 Å². The molecule has 5 rings (SSSR count). The average molecular weight is 398 g/mol. The summed E-state index contributed by atoms with van der Waals surface area (Å²) in [5.41, 5.74) is 4.24. The Kier molecular flexibility index (Phi) is 4.26. The first-order chi connectivity index (χ1) is 14.2. The molecule has 6 heteroatoms. The second-order valence-corrected chi connectivity index (χ2v) is 8.04. The zero-order valence-corrected chi connectivity index (χ0v) is 16.6. The molecule has 0 aliphatic carbocycles. The molecule has 29 heavy (non-hydrogen) atoms. The number of hydrogen-bond donors (Lipinski definition) is 1. The van der Waals surface area contributed by atoms with Crippen LogP contribution < -0.4 is 5.32 Å². The molecule has 0 bridgehead atoms. The molecular weight excluding hydrogens is 380 g/mol. The van der Waals surface area contributed by atoms with Crippen LogP contribution in [0.5, 0.6) is 0 Å². The van der Waals surface area contributed by atoms with Crippen LogP contribution >= 0.6 is 11.3 Å². The van der Waals surface area contributed by atoms with Gasteiger partial charge in [-0.25, -0.2) is 4.98 Å². The van der Waals surface area contributed by atoms with E-state index in [2.05, 4.69) is 23.4 Å². The summed E-state index contributed by atoms with van der Waals surface area (Å²) in [6.45, 7) is 2.07. The van der Waals surface area contributed by atoms with Crippen LogP contribution in [0.3, 0.4) is 0 Å². The molecule has 0 spiro atoms. The van der Waals surface area contributed by atoms with Crippen LogP contribution in [0, 0.1) is 6.92 Å². The summed E-state index contributed by atoms with van der Waals surface area (Å²) in [4.78, 5) is 19.5. The molecule has 5 aromatic rings. The van der Waals surface area contributed by atoms with Crippen LogP contribution in [0.2, 0.25) is 0 Å². The Morgan fingerprint density at radius 3 is 2.55 bits per heavy atom. The second-order valence-electron chi connectivity index (χ2n) is 6.83. The summed E-state index contributed by atoms with van der Waals surface area (Å²) in [7, 11) is 0. The molecule has 0 saturated carbocycles. The number of amides is 1. The highest BCUT2D eigenvalue weighted by Crippen LogP contribution is 2.25. The van der Waals surface area contributed by atoms with E-state index in [0.29, 0.717) is 5.56 Å². The number of hydrogen-bond acceptors (Lipinski definition) is 3. The number of aryl methyl sites for hydroxylation is 1. The smallest absolute Gasteiger partial charge is 0.255 e. The molecule has 142 valence electrons. The summed E-state index contributed by atoms with van der Waals surface area (Å²) in [6, 6.07) is 19.2. The lowest BCUT2D eigenvalue weighted by Crippen LogP contribution is -2.11. The van der Waals surface area contributed by atoms with E-state index in [0.717, 1.165) is 27.6 Å². The SMILES string of the molecule is Cc1cn2cc(-c3cccc(NC(=O)c4ccc(-n5cccc5)cc4)c3)nc2s1. The number of anilines is 1. The quantitative estimate of drug-likeness (QED) is 0.440. The molecule has 3 aromatic heterocycles. The molecule has 2 aromatic carbocycles. The molecule has 1 amide bonds. The summed E-state index contributed by atoms with van der Waals surface area (Å²) >= 11 is 1.66. The molecule has 5 nitrogen and oxygen atoms in total. The van der Waals surface area contributed by atoms with Gasteiger partial charge in [-0.05, 0) is 55.5 Å². The minimum absolute atomic E-state index is 0.136. The van der Waals surface area contributed by atoms with Gasteiger partial charge in [0.25, 0.3) is 5.91 Å². The molecule has 3 heterocycles. The first-order valence-corrected chi connectivity index (χ1v) is 10.1. The number of carbonyl (C=O) groups excluding carboxylic acids is 1. The van der Waals surface area contributed by atoms with Crippen molar-refractivity contribution in [1.29, 1.82) is 0 Å². The summed E-state index contributed by atoms with van der Waals surface area (Å²) in [5.74, 6) is -0.136. The van der Waals surface area contributed by atoms with Gasteiger partial charge in [-0.3, -0.25) is 9.20 Å². The summed E-state index contributed by atoms with van der Waals surface area (Å²) < 4.78 is 4.04. The standard InChI is InChI=1S/C23H18N4OS/c1-16-14-27-15-21(25-23(27)29-16)18-5-4-6-19(13-18)24-22(28)17-7-9-20(10-8-17)26-11-2-3-12-26/h2-15H,1H3,(H,24,28). The highest BCUT2D eigenvalue weighted by Gasteiger charge is 2.10. The van der Waals surface area contributed by atoms with Gasteiger partial charge < -0.3 is 9.88 Å². The first kappa shape index (κ1) is 17.5. The fraction of sp³-hybridized carbons (Fsp3) is 0.0435. The van der Waals surface area contributed by atoms with Gasteiger partial charge in [0.05, 0.1) is 5.69 Å². The highest BCUT2D eigenvalue weighted by atomic mass is 32.1. The molecular formula is C23H18N4OS. The second kappa shape index (κ2) is 7.07. The number of carbonyl (C=O) groups is 1. The lowest BCUT2D eigenvalue weighted by molar-refractivity contribution is 0.102. The van der Waals surface area contributed by atoms with Gasteiger partial charge in [-0.1, -0.05) is 12.1 Å². The van der Waals surface area contributed by atoms with Gasteiger partial charge in [0.1, 0.15) is 0 Å². The molecule has 0 atom stereocenters. The van der Waals surface area contributed by atoms with Crippen molar-refractivity contribution < 1.29 is 4.79 Å². The average Bonchev–Trinajstić information content (AvgIpc) is 3.45. The van der Waals surface area contributed by atoms with Crippen molar-refractivity contribution in [2.45, 2.75) is 6.92 Å². The number of fused-ring (bicyclic) bond motifs is 1. The Morgan fingerprint density at radius 1 is 1.00 bits per heavy atom. The zero-order valence-electron chi connectivity index (χ0n) is 15.7. The minimum atomic E-state index is -0.136. The molecule has 0 saturated heterocycles. The van der Waals surface area contributed by atoms with Crippen LogP contribution in [0.1, 0.15) is 15.2 Å². The van der Waals surface area contributed by atoms with E-state index in [4.69, 9.17) is 0 Å². The van der Waals surface area contributed by atoms with E-state index in [1.165, 1.54) is 4.88 Å². The monoisotopic (exact) mass is 398 g/mol. The number of aromatic nitrogens is 3. The van der Waals surface area contributed by atoms with Crippen molar-refractivity contribution in [3.8, 4) is 16.9 Å². The van der Waals surface area contributed by atoms with Crippen molar-refractivity contribution in [3.05, 3.63) is 95.9 Å². The van der Waals surface area contributed by atoms with Crippen LogP contribution in [-0.4, -0.2) is 19.9 Å². The van der Waals surface area contributed by atoms with E-state index in [-0.39, 0.29) is 5.91 Å². The third-order valence-corrected chi connectivity index (χ3v) is 5.63. The largest absolute Gasteiger partial charge is 0.324 e. The normalized spacial score (nSPS) is 11.1. The molecule has 0 aliphatic heterocycles. The molecule has 0 fully saturated rings. The molecule has 0 radical (unpaired) electrons. The van der Waals surface area contributed by atoms with Crippen LogP contribution in [-0.2, 0) is 0 Å². The van der Waals surface area contributed by atoms with Crippen molar-refractivity contribution in [2.75, 3.05) is 5.32 Å². The number of thiazole rings is 1. The summed E-state index contributed by atoms with van der Waals surface area (Å²) in [5, 5.41) is 2.98. The first-order valence-electron chi connectivity index (χ1n) is 9.26. The lowest BCUT2D eigenvalue weighted by Gasteiger charge is -2.08. The predicted molar refractivity (Wildman–Crippen MR) is 117 cm³/mol. The van der Waals surface area contributed by atoms with Crippen molar-refractivity contribution in [1.82, 2.24) is 14.0 Å². The zero-order chi connectivity index (χ0) is 19.8. The molecule has 1 N–H and O–H groups in total. The van der Waals surface area contributed by atoms with Crippen molar-refractivity contribution >= 4 is 27.9 Å². The number of imidazole rings is 1. The number of rotatable bonds is 4. The van der Waals surface area contributed by atoms with Gasteiger partial charge in [-0.15, -0.1) is 11.3 Å². The minimum Gasteiger partial charge on any atom is -0.324 e. The van der Waals surface area contributed by atoms with E-state index in [1.54, 1.807) is 11.3 Å². The Morgan fingerprint density at radius 2 is 1.79 bits per heavy atom. The van der Waals surface area contributed by atoms with Crippen LogP contribution in [0.4, 0.5) is 5.69 Å². The number of nitrogens with one attached hydrogen (secondary N) is 1.